The summed E-state index contributed by atoms with van der Waals surface area (Å²) in [5, 5.41) is 2.93. The van der Waals surface area contributed by atoms with Crippen LogP contribution in [0, 0.1) is 13.8 Å². The first kappa shape index (κ1) is 19.7. The van der Waals surface area contributed by atoms with Gasteiger partial charge in [0.15, 0.2) is 0 Å². The number of hydrogen-bond acceptors (Lipinski definition) is 3. The molecule has 2 aromatic rings. The van der Waals surface area contributed by atoms with Crippen LogP contribution in [0.1, 0.15) is 39.8 Å². The van der Waals surface area contributed by atoms with E-state index < -0.39 is 0 Å². The van der Waals surface area contributed by atoms with E-state index in [1.54, 1.807) is 0 Å². The summed E-state index contributed by atoms with van der Waals surface area (Å²) in [4.78, 5) is 14.6. The van der Waals surface area contributed by atoms with Gasteiger partial charge in [-0.3, -0.25) is 4.79 Å². The van der Waals surface area contributed by atoms with Crippen LogP contribution in [0.3, 0.4) is 0 Å². The molecular weight excluding hydrogens is 328 g/mol. The third-order valence-corrected chi connectivity index (χ3v) is 4.75. The van der Waals surface area contributed by atoms with E-state index in [4.69, 9.17) is 5.73 Å². The molecule has 1 heterocycles. The van der Waals surface area contributed by atoms with Gasteiger partial charge in [-0.05, 0) is 43.9 Å². The zero-order chi connectivity index (χ0) is 15.9. The van der Waals surface area contributed by atoms with Crippen molar-refractivity contribution in [3.8, 4) is 0 Å². The van der Waals surface area contributed by atoms with Crippen molar-refractivity contribution in [2.75, 3.05) is 6.54 Å². The lowest BCUT2D eigenvalue weighted by Crippen LogP contribution is -2.31. The highest BCUT2D eigenvalue weighted by atomic mass is 35.5. The van der Waals surface area contributed by atoms with E-state index in [0.717, 1.165) is 18.4 Å². The van der Waals surface area contributed by atoms with Crippen LogP contribution in [-0.2, 0) is 11.2 Å². The second-order valence-corrected chi connectivity index (χ2v) is 7.07. The van der Waals surface area contributed by atoms with Crippen LogP contribution in [-0.4, -0.2) is 12.5 Å². The van der Waals surface area contributed by atoms with Crippen molar-refractivity contribution >= 4 is 29.7 Å². The quantitative estimate of drug-likeness (QED) is 0.793. The lowest BCUT2D eigenvalue weighted by atomic mass is 10.1. The highest BCUT2D eigenvalue weighted by Gasteiger charge is 2.08. The molecule has 3 nitrogen and oxygen atoms in total. The molecule has 0 aliphatic rings. The maximum atomic E-state index is 11.9. The van der Waals surface area contributed by atoms with Crippen LogP contribution in [0.25, 0.3) is 0 Å². The van der Waals surface area contributed by atoms with Gasteiger partial charge in [0.2, 0.25) is 5.91 Å². The number of nitrogens with two attached hydrogens (primary N) is 1. The summed E-state index contributed by atoms with van der Waals surface area (Å²) < 4.78 is 0. The van der Waals surface area contributed by atoms with Crippen molar-refractivity contribution in [1.82, 2.24) is 5.32 Å². The van der Waals surface area contributed by atoms with Gasteiger partial charge >= 0.3 is 0 Å². The number of halogens is 1. The van der Waals surface area contributed by atoms with E-state index in [9.17, 15) is 4.79 Å². The Morgan fingerprint density at radius 3 is 2.57 bits per heavy atom. The van der Waals surface area contributed by atoms with Crippen LogP contribution in [0.5, 0.6) is 0 Å². The molecule has 0 aliphatic heterocycles. The minimum Gasteiger partial charge on any atom is -0.354 e. The lowest BCUT2D eigenvalue weighted by molar-refractivity contribution is -0.121. The summed E-state index contributed by atoms with van der Waals surface area (Å²) in [5.74, 6) is 0.0796. The summed E-state index contributed by atoms with van der Waals surface area (Å²) in [6.45, 7) is 4.75. The summed E-state index contributed by atoms with van der Waals surface area (Å²) in [7, 11) is 0. The molecule has 2 rings (SSSR count). The number of aryl methyl sites for hydroxylation is 3. The topological polar surface area (TPSA) is 55.1 Å². The molecule has 5 heteroatoms. The van der Waals surface area contributed by atoms with Gasteiger partial charge in [0.1, 0.15) is 0 Å². The molecule has 1 aromatic heterocycles. The molecule has 0 radical (unpaired) electrons. The van der Waals surface area contributed by atoms with Gasteiger partial charge in [0.25, 0.3) is 0 Å². The van der Waals surface area contributed by atoms with Crippen molar-refractivity contribution in [1.29, 1.82) is 0 Å². The minimum absolute atomic E-state index is 0. The molecule has 1 unspecified atom stereocenters. The molecule has 126 valence electrons. The fourth-order valence-electron chi connectivity index (χ4n) is 2.50. The first-order valence-electron chi connectivity index (χ1n) is 7.69. The average molecular weight is 353 g/mol. The molecule has 0 saturated heterocycles. The molecule has 1 atom stereocenters. The monoisotopic (exact) mass is 352 g/mol. The summed E-state index contributed by atoms with van der Waals surface area (Å²) in [5.41, 5.74) is 8.49. The third kappa shape index (κ3) is 6.34. The van der Waals surface area contributed by atoms with Gasteiger partial charge in [-0.25, -0.2) is 0 Å². The number of nitrogens with one attached hydrogen (secondary N) is 1. The summed E-state index contributed by atoms with van der Waals surface area (Å²) >= 11 is 1.82. The highest BCUT2D eigenvalue weighted by molar-refractivity contribution is 7.12. The Balaban J connectivity index is 0.00000264. The zero-order valence-corrected chi connectivity index (χ0v) is 15.3. The van der Waals surface area contributed by atoms with Crippen LogP contribution in [0.2, 0.25) is 0 Å². The Morgan fingerprint density at radius 1 is 1.26 bits per heavy atom. The first-order valence-corrected chi connectivity index (χ1v) is 8.51. The normalized spacial score (nSPS) is 11.6. The predicted octanol–water partition coefficient (Wildman–Crippen LogP) is 3.93. The smallest absolute Gasteiger partial charge is 0.220 e. The molecule has 1 aromatic carbocycles. The third-order valence-electron chi connectivity index (χ3n) is 3.74. The SMILES string of the molecule is Cc1cc(CCCC(=O)NCC(N)c2ccccc2)c(C)s1.Cl. The van der Waals surface area contributed by atoms with E-state index in [-0.39, 0.29) is 24.4 Å². The second-order valence-electron chi connectivity index (χ2n) is 5.61. The Bertz CT molecular complexity index is 613. The van der Waals surface area contributed by atoms with Crippen molar-refractivity contribution in [2.45, 2.75) is 39.2 Å². The molecule has 0 bridgehead atoms. The van der Waals surface area contributed by atoms with Crippen molar-refractivity contribution in [3.05, 3.63) is 57.3 Å². The summed E-state index contributed by atoms with van der Waals surface area (Å²) in [6, 6.07) is 11.9. The standard InChI is InChI=1S/C18H24N2OS.ClH/c1-13-11-16(14(2)22-13)9-6-10-18(21)20-12-17(19)15-7-4-3-5-8-15;/h3-5,7-8,11,17H,6,9-10,12,19H2,1-2H3,(H,20,21);1H. The Hall–Kier alpha value is -1.36. The van der Waals surface area contributed by atoms with E-state index in [1.165, 1.54) is 15.3 Å². The molecule has 3 N–H and O–H groups in total. The number of hydrogen-bond donors (Lipinski definition) is 2. The maximum absolute atomic E-state index is 11.9. The number of amides is 1. The first-order chi connectivity index (χ1) is 10.6. The van der Waals surface area contributed by atoms with Gasteiger partial charge in [-0.15, -0.1) is 23.7 Å². The fraction of sp³-hybridized carbons (Fsp3) is 0.389. The van der Waals surface area contributed by atoms with Gasteiger partial charge in [0, 0.05) is 28.8 Å². The van der Waals surface area contributed by atoms with Crippen LogP contribution >= 0.6 is 23.7 Å². The molecule has 0 fully saturated rings. The molecule has 0 spiro atoms. The van der Waals surface area contributed by atoms with E-state index in [1.807, 2.05) is 41.7 Å². The number of thiophene rings is 1. The van der Waals surface area contributed by atoms with Gasteiger partial charge in [-0.1, -0.05) is 30.3 Å². The van der Waals surface area contributed by atoms with E-state index in [0.29, 0.717) is 13.0 Å². The van der Waals surface area contributed by atoms with Gasteiger partial charge in [-0.2, -0.15) is 0 Å². The van der Waals surface area contributed by atoms with E-state index >= 15 is 0 Å². The van der Waals surface area contributed by atoms with Gasteiger partial charge < -0.3 is 11.1 Å². The fourth-order valence-corrected chi connectivity index (χ4v) is 3.48. The highest BCUT2D eigenvalue weighted by Crippen LogP contribution is 2.22. The molecular formula is C18H25ClN2OS. The number of benzene rings is 1. The van der Waals surface area contributed by atoms with Crippen molar-refractivity contribution in [3.63, 3.8) is 0 Å². The molecule has 1 amide bonds. The molecule has 0 aliphatic carbocycles. The van der Waals surface area contributed by atoms with Crippen LogP contribution in [0.15, 0.2) is 36.4 Å². The maximum Gasteiger partial charge on any atom is 0.220 e. The Kier molecular flexibility index (Phi) is 8.31. The zero-order valence-electron chi connectivity index (χ0n) is 13.7. The average Bonchev–Trinajstić information content (AvgIpc) is 2.83. The van der Waals surface area contributed by atoms with Crippen LogP contribution in [0.4, 0.5) is 0 Å². The lowest BCUT2D eigenvalue weighted by Gasteiger charge is -2.13. The van der Waals surface area contributed by atoms with Crippen molar-refractivity contribution in [2.24, 2.45) is 5.73 Å². The van der Waals surface area contributed by atoms with Gasteiger partial charge in [0.05, 0.1) is 0 Å². The minimum atomic E-state index is -0.146. The van der Waals surface area contributed by atoms with Crippen LogP contribution < -0.4 is 11.1 Å². The number of carbonyl (C=O) groups is 1. The van der Waals surface area contributed by atoms with Crippen molar-refractivity contribution < 1.29 is 4.79 Å². The number of carbonyl (C=O) groups excluding carboxylic acids is 1. The molecule has 23 heavy (non-hydrogen) atoms. The largest absolute Gasteiger partial charge is 0.354 e. The Morgan fingerprint density at radius 2 is 1.96 bits per heavy atom. The summed E-state index contributed by atoms with van der Waals surface area (Å²) in [6.07, 6.45) is 2.40. The Labute approximate surface area is 148 Å². The second kappa shape index (κ2) is 9.71. The van der Waals surface area contributed by atoms with E-state index in [2.05, 4.69) is 25.2 Å². The predicted molar refractivity (Wildman–Crippen MR) is 100 cm³/mol. The number of rotatable bonds is 7. The molecule has 0 saturated carbocycles.